The molecule has 3 rings (SSSR count). The van der Waals surface area contributed by atoms with Crippen LogP contribution >= 0.6 is 0 Å². The molecule has 2 heterocycles. The number of aromatic nitrogens is 1. The van der Waals surface area contributed by atoms with E-state index >= 15 is 0 Å². The second-order valence-corrected chi connectivity index (χ2v) is 7.02. The van der Waals surface area contributed by atoms with Crippen LogP contribution in [0.15, 0.2) is 47.0 Å². The maximum atomic E-state index is 5.97. The SMILES string of the molecule is CC(C)CCOCc1ccc2oc(-c3ccc(N(C)C)nc3)cc2c1. The van der Waals surface area contributed by atoms with Gasteiger partial charge in [0.25, 0.3) is 0 Å². The van der Waals surface area contributed by atoms with Crippen molar-refractivity contribution in [2.75, 3.05) is 25.6 Å². The molecule has 0 saturated carbocycles. The number of benzene rings is 1. The van der Waals surface area contributed by atoms with Crippen LogP contribution in [0.5, 0.6) is 0 Å². The quantitative estimate of drug-likeness (QED) is 0.560. The lowest BCUT2D eigenvalue weighted by Gasteiger charge is -2.10. The molecule has 0 spiro atoms. The molecule has 1 aromatic carbocycles. The molecule has 132 valence electrons. The zero-order chi connectivity index (χ0) is 17.8. The predicted octanol–water partition coefficient (Wildman–Crippen LogP) is 5.12. The molecule has 0 aliphatic rings. The molecule has 2 aromatic heterocycles. The summed E-state index contributed by atoms with van der Waals surface area (Å²) in [4.78, 5) is 6.43. The molecular weight excluding hydrogens is 312 g/mol. The summed E-state index contributed by atoms with van der Waals surface area (Å²) in [5.74, 6) is 2.44. The fraction of sp³-hybridized carbons (Fsp3) is 0.381. The Kier molecular flexibility index (Phi) is 5.39. The van der Waals surface area contributed by atoms with E-state index in [0.29, 0.717) is 12.5 Å². The van der Waals surface area contributed by atoms with E-state index in [0.717, 1.165) is 41.1 Å². The number of ether oxygens (including phenoxy) is 1. The van der Waals surface area contributed by atoms with Gasteiger partial charge in [-0.25, -0.2) is 4.98 Å². The van der Waals surface area contributed by atoms with E-state index in [9.17, 15) is 0 Å². The highest BCUT2D eigenvalue weighted by Gasteiger charge is 2.08. The summed E-state index contributed by atoms with van der Waals surface area (Å²) in [7, 11) is 3.96. The third-order valence-corrected chi connectivity index (χ3v) is 4.18. The van der Waals surface area contributed by atoms with Gasteiger partial charge >= 0.3 is 0 Å². The Morgan fingerprint density at radius 2 is 1.96 bits per heavy atom. The first-order valence-corrected chi connectivity index (χ1v) is 8.77. The van der Waals surface area contributed by atoms with Crippen molar-refractivity contribution < 1.29 is 9.15 Å². The highest BCUT2D eigenvalue weighted by Crippen LogP contribution is 2.29. The first-order chi connectivity index (χ1) is 12.0. The number of rotatable bonds is 7. The van der Waals surface area contributed by atoms with E-state index < -0.39 is 0 Å². The molecule has 0 amide bonds. The number of anilines is 1. The second kappa shape index (κ2) is 7.70. The summed E-state index contributed by atoms with van der Waals surface area (Å²) in [5.41, 5.74) is 3.04. The summed E-state index contributed by atoms with van der Waals surface area (Å²) >= 11 is 0. The maximum Gasteiger partial charge on any atom is 0.136 e. The molecular formula is C21H26N2O2. The van der Waals surface area contributed by atoms with Crippen molar-refractivity contribution in [3.05, 3.63) is 48.2 Å². The third-order valence-electron chi connectivity index (χ3n) is 4.18. The molecule has 0 N–H and O–H groups in total. The van der Waals surface area contributed by atoms with Crippen molar-refractivity contribution in [1.29, 1.82) is 0 Å². The van der Waals surface area contributed by atoms with Gasteiger partial charge in [-0.15, -0.1) is 0 Å². The van der Waals surface area contributed by atoms with Gasteiger partial charge < -0.3 is 14.1 Å². The molecule has 0 aliphatic carbocycles. The minimum atomic E-state index is 0.641. The Morgan fingerprint density at radius 1 is 1.12 bits per heavy atom. The molecule has 0 aliphatic heterocycles. The first kappa shape index (κ1) is 17.5. The Morgan fingerprint density at radius 3 is 2.64 bits per heavy atom. The maximum absolute atomic E-state index is 5.97. The molecule has 0 atom stereocenters. The van der Waals surface area contributed by atoms with Gasteiger partial charge in [0.05, 0.1) is 6.61 Å². The minimum Gasteiger partial charge on any atom is -0.456 e. The van der Waals surface area contributed by atoms with Gasteiger partial charge in [-0.2, -0.15) is 0 Å². The second-order valence-electron chi connectivity index (χ2n) is 7.02. The third kappa shape index (κ3) is 4.40. The summed E-state index contributed by atoms with van der Waals surface area (Å²) in [6.07, 6.45) is 2.94. The number of nitrogens with zero attached hydrogens (tertiary/aromatic N) is 2. The van der Waals surface area contributed by atoms with Gasteiger partial charge in [0, 0.05) is 37.8 Å². The molecule has 3 aromatic rings. The highest BCUT2D eigenvalue weighted by atomic mass is 16.5. The fourth-order valence-corrected chi connectivity index (χ4v) is 2.63. The summed E-state index contributed by atoms with van der Waals surface area (Å²) in [6, 6.07) is 12.3. The van der Waals surface area contributed by atoms with Gasteiger partial charge in [-0.1, -0.05) is 19.9 Å². The van der Waals surface area contributed by atoms with Gasteiger partial charge in [0.15, 0.2) is 0 Å². The van der Waals surface area contributed by atoms with Crippen molar-refractivity contribution in [2.24, 2.45) is 5.92 Å². The van der Waals surface area contributed by atoms with Crippen molar-refractivity contribution in [3.8, 4) is 11.3 Å². The van der Waals surface area contributed by atoms with E-state index in [1.54, 1.807) is 0 Å². The van der Waals surface area contributed by atoms with Crippen LogP contribution in [-0.4, -0.2) is 25.7 Å². The van der Waals surface area contributed by atoms with Crippen LogP contribution in [-0.2, 0) is 11.3 Å². The van der Waals surface area contributed by atoms with Gasteiger partial charge in [0.1, 0.15) is 17.2 Å². The van der Waals surface area contributed by atoms with Crippen LogP contribution in [0.4, 0.5) is 5.82 Å². The standard InChI is InChI=1S/C21H26N2O2/c1-15(2)9-10-24-14-16-5-7-19-18(11-16)12-20(25-19)17-6-8-21(22-13-17)23(3)4/h5-8,11-13,15H,9-10,14H2,1-4H3. The first-order valence-electron chi connectivity index (χ1n) is 8.77. The Bertz CT molecular complexity index is 820. The minimum absolute atomic E-state index is 0.641. The predicted molar refractivity (Wildman–Crippen MR) is 103 cm³/mol. The number of fused-ring (bicyclic) bond motifs is 1. The summed E-state index contributed by atoms with van der Waals surface area (Å²) in [5, 5.41) is 1.09. The average Bonchev–Trinajstić information content (AvgIpc) is 3.02. The topological polar surface area (TPSA) is 38.5 Å². The van der Waals surface area contributed by atoms with Crippen LogP contribution in [0.2, 0.25) is 0 Å². The molecule has 25 heavy (non-hydrogen) atoms. The zero-order valence-electron chi connectivity index (χ0n) is 15.5. The van der Waals surface area contributed by atoms with E-state index in [4.69, 9.17) is 9.15 Å². The van der Waals surface area contributed by atoms with Crippen LogP contribution < -0.4 is 4.90 Å². The van der Waals surface area contributed by atoms with Crippen molar-refractivity contribution in [1.82, 2.24) is 4.98 Å². The molecule has 0 bridgehead atoms. The Hall–Kier alpha value is -2.33. The number of pyridine rings is 1. The van der Waals surface area contributed by atoms with Crippen LogP contribution in [0.1, 0.15) is 25.8 Å². The highest BCUT2D eigenvalue weighted by molar-refractivity contribution is 5.83. The average molecular weight is 338 g/mol. The number of hydrogen-bond acceptors (Lipinski definition) is 4. The van der Waals surface area contributed by atoms with Gasteiger partial charge in [-0.3, -0.25) is 0 Å². The molecule has 0 radical (unpaired) electrons. The van der Waals surface area contributed by atoms with Gasteiger partial charge in [-0.05, 0) is 48.2 Å². The van der Waals surface area contributed by atoms with E-state index in [2.05, 4.69) is 37.0 Å². The molecule has 4 nitrogen and oxygen atoms in total. The van der Waals surface area contributed by atoms with Crippen LogP contribution in [0.3, 0.4) is 0 Å². The van der Waals surface area contributed by atoms with Crippen LogP contribution in [0.25, 0.3) is 22.3 Å². The molecule has 0 unspecified atom stereocenters. The molecule has 4 heteroatoms. The van der Waals surface area contributed by atoms with Crippen molar-refractivity contribution >= 4 is 16.8 Å². The van der Waals surface area contributed by atoms with Crippen LogP contribution in [0, 0.1) is 5.92 Å². The molecule has 0 saturated heterocycles. The molecule has 0 fully saturated rings. The summed E-state index contributed by atoms with van der Waals surface area (Å²) < 4.78 is 11.7. The number of hydrogen-bond donors (Lipinski definition) is 0. The Labute approximate surface area is 149 Å². The summed E-state index contributed by atoms with van der Waals surface area (Å²) in [6.45, 7) is 5.86. The lowest BCUT2D eigenvalue weighted by molar-refractivity contribution is 0.111. The Balaban J connectivity index is 1.73. The fourth-order valence-electron chi connectivity index (χ4n) is 2.63. The van der Waals surface area contributed by atoms with Crippen molar-refractivity contribution in [3.63, 3.8) is 0 Å². The van der Waals surface area contributed by atoms with E-state index in [1.807, 2.05) is 43.4 Å². The van der Waals surface area contributed by atoms with E-state index in [1.165, 1.54) is 5.56 Å². The van der Waals surface area contributed by atoms with Gasteiger partial charge in [0.2, 0.25) is 0 Å². The lowest BCUT2D eigenvalue weighted by atomic mass is 10.1. The van der Waals surface area contributed by atoms with E-state index in [-0.39, 0.29) is 0 Å². The largest absolute Gasteiger partial charge is 0.456 e. The lowest BCUT2D eigenvalue weighted by Crippen LogP contribution is -2.09. The van der Waals surface area contributed by atoms with Crippen molar-refractivity contribution in [2.45, 2.75) is 26.9 Å². The normalized spacial score (nSPS) is 11.4. The number of furan rings is 1. The smallest absolute Gasteiger partial charge is 0.136 e. The monoisotopic (exact) mass is 338 g/mol. The zero-order valence-corrected chi connectivity index (χ0v) is 15.5.